The van der Waals surface area contributed by atoms with E-state index in [4.69, 9.17) is 0 Å². The lowest BCUT2D eigenvalue weighted by Crippen LogP contribution is -2.48. The van der Waals surface area contributed by atoms with Gasteiger partial charge in [-0.1, -0.05) is 22.0 Å². The van der Waals surface area contributed by atoms with Crippen molar-refractivity contribution < 1.29 is 14.7 Å². The molecule has 1 amide bonds. The van der Waals surface area contributed by atoms with E-state index in [1.165, 1.54) is 4.90 Å². The predicted octanol–water partition coefficient (Wildman–Crippen LogP) is 2.84. The number of carboxylic acid groups (broad SMARTS) is 1. The van der Waals surface area contributed by atoms with Gasteiger partial charge in [0.25, 0.3) is 5.91 Å². The topological polar surface area (TPSA) is 57.6 Å². The zero-order valence-electron chi connectivity index (χ0n) is 10.7. The molecule has 1 aliphatic heterocycles. The highest BCUT2D eigenvalue weighted by Gasteiger charge is 2.32. The molecule has 5 heteroatoms. The van der Waals surface area contributed by atoms with Gasteiger partial charge in [-0.15, -0.1) is 0 Å². The zero-order valence-corrected chi connectivity index (χ0v) is 12.3. The van der Waals surface area contributed by atoms with Crippen molar-refractivity contribution in [1.29, 1.82) is 0 Å². The smallest absolute Gasteiger partial charge is 0.326 e. The first-order valence-electron chi connectivity index (χ1n) is 6.30. The summed E-state index contributed by atoms with van der Waals surface area (Å²) in [7, 11) is 0. The number of rotatable bonds is 2. The van der Waals surface area contributed by atoms with Gasteiger partial charge in [0.2, 0.25) is 0 Å². The van der Waals surface area contributed by atoms with Crippen LogP contribution < -0.4 is 0 Å². The molecule has 1 heterocycles. The van der Waals surface area contributed by atoms with E-state index in [0.29, 0.717) is 18.5 Å². The Labute approximate surface area is 120 Å². The van der Waals surface area contributed by atoms with E-state index >= 15 is 0 Å². The van der Waals surface area contributed by atoms with E-state index < -0.39 is 12.0 Å². The summed E-state index contributed by atoms with van der Waals surface area (Å²) in [5, 5.41) is 9.23. The number of likely N-dealkylation sites (tertiary alicyclic amines) is 1. The van der Waals surface area contributed by atoms with E-state index in [1.54, 1.807) is 6.07 Å². The lowest BCUT2D eigenvalue weighted by atomic mass is 9.99. The van der Waals surface area contributed by atoms with Gasteiger partial charge in [-0.3, -0.25) is 4.79 Å². The minimum atomic E-state index is -0.916. The molecule has 1 saturated heterocycles. The Morgan fingerprint density at radius 1 is 1.37 bits per heavy atom. The molecule has 1 atom stereocenters. The fourth-order valence-corrected chi connectivity index (χ4v) is 2.77. The average molecular weight is 326 g/mol. The second-order valence-corrected chi connectivity index (χ2v) is 5.72. The molecule has 0 saturated carbocycles. The molecule has 0 unspecified atom stereocenters. The first-order valence-corrected chi connectivity index (χ1v) is 7.10. The lowest BCUT2D eigenvalue weighted by molar-refractivity contribution is -0.143. The minimum absolute atomic E-state index is 0.189. The van der Waals surface area contributed by atoms with Gasteiger partial charge in [0.1, 0.15) is 6.04 Å². The second-order valence-electron chi connectivity index (χ2n) is 4.81. The van der Waals surface area contributed by atoms with Crippen LogP contribution in [0.5, 0.6) is 0 Å². The SMILES string of the molecule is Cc1ccc(Br)cc1C(=O)N1CCCC[C@H]1C(=O)O. The van der Waals surface area contributed by atoms with Crippen molar-refractivity contribution in [2.45, 2.75) is 32.2 Å². The lowest BCUT2D eigenvalue weighted by Gasteiger charge is -2.33. The molecule has 1 N–H and O–H groups in total. The second kappa shape index (κ2) is 5.74. The van der Waals surface area contributed by atoms with E-state index in [9.17, 15) is 14.7 Å². The number of aliphatic carboxylic acids is 1. The number of halogens is 1. The molecule has 102 valence electrons. The summed E-state index contributed by atoms with van der Waals surface area (Å²) < 4.78 is 0.824. The van der Waals surface area contributed by atoms with Crippen LogP contribution in [0.3, 0.4) is 0 Å². The maximum Gasteiger partial charge on any atom is 0.326 e. The van der Waals surface area contributed by atoms with Crippen molar-refractivity contribution in [3.8, 4) is 0 Å². The van der Waals surface area contributed by atoms with Crippen LogP contribution in [0.25, 0.3) is 0 Å². The normalized spacial score (nSPS) is 19.3. The summed E-state index contributed by atoms with van der Waals surface area (Å²) in [5.74, 6) is -1.11. The Morgan fingerprint density at radius 2 is 2.11 bits per heavy atom. The number of nitrogens with zero attached hydrogens (tertiary/aromatic N) is 1. The van der Waals surface area contributed by atoms with Crippen LogP contribution in [0.1, 0.15) is 35.2 Å². The summed E-state index contributed by atoms with van der Waals surface area (Å²) >= 11 is 3.35. The largest absolute Gasteiger partial charge is 0.480 e. The molecule has 1 aromatic rings. The van der Waals surface area contributed by atoms with E-state index in [1.807, 2.05) is 19.1 Å². The Kier molecular flexibility index (Phi) is 4.24. The number of aryl methyl sites for hydroxylation is 1. The predicted molar refractivity (Wildman–Crippen MR) is 75.2 cm³/mol. The van der Waals surface area contributed by atoms with Crippen LogP contribution >= 0.6 is 15.9 Å². The maximum atomic E-state index is 12.5. The highest BCUT2D eigenvalue weighted by Crippen LogP contribution is 2.23. The maximum absolute atomic E-state index is 12.5. The van der Waals surface area contributed by atoms with Crippen LogP contribution in [-0.2, 0) is 4.79 Å². The molecular formula is C14H16BrNO3. The average Bonchev–Trinajstić information content (AvgIpc) is 2.40. The fourth-order valence-electron chi connectivity index (χ4n) is 2.41. The van der Waals surface area contributed by atoms with Crippen molar-refractivity contribution in [2.24, 2.45) is 0 Å². The molecule has 1 fully saturated rings. The molecule has 0 radical (unpaired) electrons. The highest BCUT2D eigenvalue weighted by atomic mass is 79.9. The number of benzene rings is 1. The Bertz CT molecular complexity index is 515. The van der Waals surface area contributed by atoms with Crippen molar-refractivity contribution in [1.82, 2.24) is 4.90 Å². The van der Waals surface area contributed by atoms with Gasteiger partial charge in [0.15, 0.2) is 0 Å². The van der Waals surface area contributed by atoms with Crippen LogP contribution in [0.2, 0.25) is 0 Å². The highest BCUT2D eigenvalue weighted by molar-refractivity contribution is 9.10. The third-order valence-corrected chi connectivity index (χ3v) is 3.97. The Hall–Kier alpha value is -1.36. The van der Waals surface area contributed by atoms with Crippen molar-refractivity contribution in [2.75, 3.05) is 6.54 Å². The monoisotopic (exact) mass is 325 g/mol. The quantitative estimate of drug-likeness (QED) is 0.909. The minimum Gasteiger partial charge on any atom is -0.480 e. The first kappa shape index (κ1) is 14.1. The molecule has 4 nitrogen and oxygen atoms in total. The van der Waals surface area contributed by atoms with Gasteiger partial charge in [-0.05, 0) is 43.9 Å². The molecule has 19 heavy (non-hydrogen) atoms. The number of carbonyl (C=O) groups is 2. The third-order valence-electron chi connectivity index (χ3n) is 3.48. The molecule has 1 aliphatic rings. The molecular weight excluding hydrogens is 310 g/mol. The third kappa shape index (κ3) is 2.97. The first-order chi connectivity index (χ1) is 9.00. The van der Waals surface area contributed by atoms with Gasteiger partial charge in [0.05, 0.1) is 0 Å². The fraction of sp³-hybridized carbons (Fsp3) is 0.429. The summed E-state index contributed by atoms with van der Waals surface area (Å²) in [6.07, 6.45) is 2.26. The molecule has 0 aromatic heterocycles. The summed E-state index contributed by atoms with van der Waals surface area (Å²) in [6.45, 7) is 2.38. The van der Waals surface area contributed by atoms with E-state index in [-0.39, 0.29) is 5.91 Å². The number of carboxylic acids is 1. The van der Waals surface area contributed by atoms with Gasteiger partial charge in [-0.2, -0.15) is 0 Å². The summed E-state index contributed by atoms with van der Waals surface area (Å²) in [6, 6.07) is 4.79. The van der Waals surface area contributed by atoms with Gasteiger partial charge in [-0.25, -0.2) is 4.79 Å². The number of amides is 1. The zero-order chi connectivity index (χ0) is 14.0. The molecule has 2 rings (SSSR count). The van der Waals surface area contributed by atoms with E-state index in [2.05, 4.69) is 15.9 Å². The molecule has 0 aliphatic carbocycles. The standard InChI is InChI=1S/C14H16BrNO3/c1-9-5-6-10(15)8-11(9)13(17)16-7-3-2-4-12(16)14(18)19/h5-6,8,12H,2-4,7H2,1H3,(H,18,19)/t12-/m0/s1. The molecule has 0 spiro atoms. The number of piperidine rings is 1. The van der Waals surface area contributed by atoms with Crippen molar-refractivity contribution in [3.05, 3.63) is 33.8 Å². The van der Waals surface area contributed by atoms with Crippen LogP contribution in [0, 0.1) is 6.92 Å². The van der Waals surface area contributed by atoms with E-state index in [0.717, 1.165) is 22.9 Å². The van der Waals surface area contributed by atoms with Gasteiger partial charge >= 0.3 is 5.97 Å². The summed E-state index contributed by atoms with van der Waals surface area (Å²) in [4.78, 5) is 25.3. The summed E-state index contributed by atoms with van der Waals surface area (Å²) in [5.41, 5.74) is 1.44. The number of carbonyl (C=O) groups excluding carboxylic acids is 1. The molecule has 1 aromatic carbocycles. The van der Waals surface area contributed by atoms with Gasteiger partial charge in [0, 0.05) is 16.6 Å². The van der Waals surface area contributed by atoms with Crippen LogP contribution in [-0.4, -0.2) is 34.5 Å². The van der Waals surface area contributed by atoms with Crippen molar-refractivity contribution in [3.63, 3.8) is 0 Å². The number of hydrogen-bond donors (Lipinski definition) is 1. The Morgan fingerprint density at radius 3 is 2.79 bits per heavy atom. The van der Waals surface area contributed by atoms with Crippen LogP contribution in [0.15, 0.2) is 22.7 Å². The van der Waals surface area contributed by atoms with Crippen LogP contribution in [0.4, 0.5) is 0 Å². The molecule has 0 bridgehead atoms. The Balaban J connectivity index is 2.31. The number of hydrogen-bond acceptors (Lipinski definition) is 2. The van der Waals surface area contributed by atoms with Crippen molar-refractivity contribution >= 4 is 27.8 Å². The van der Waals surface area contributed by atoms with Gasteiger partial charge < -0.3 is 10.0 Å².